The molecule has 0 aliphatic carbocycles. The third-order valence-electron chi connectivity index (χ3n) is 3.42. The van der Waals surface area contributed by atoms with Crippen LogP contribution in [0, 0.1) is 0 Å². The van der Waals surface area contributed by atoms with E-state index in [1.165, 1.54) is 0 Å². The summed E-state index contributed by atoms with van der Waals surface area (Å²) in [5.74, 6) is 0.811. The Morgan fingerprint density at radius 2 is 2.35 bits per heavy atom. The van der Waals surface area contributed by atoms with Gasteiger partial charge in [-0.2, -0.15) is 0 Å². The SMILES string of the molecule is CNCCNC(=O)C1CSC2(C)CCC(=O)N12. The van der Waals surface area contributed by atoms with Crippen molar-refractivity contribution in [3.63, 3.8) is 0 Å². The predicted molar refractivity (Wildman–Crippen MR) is 67.7 cm³/mol. The number of hydrogen-bond donors (Lipinski definition) is 2. The number of carbonyl (C=O) groups excluding carboxylic acids is 2. The van der Waals surface area contributed by atoms with Gasteiger partial charge in [0.05, 0.1) is 4.87 Å². The standard InChI is InChI=1S/C11H19N3O2S/c1-11-4-3-9(15)14(11)8(7-17-11)10(16)13-6-5-12-2/h8,12H,3-7H2,1-2H3,(H,13,16). The first-order chi connectivity index (χ1) is 8.08. The normalized spacial score (nSPS) is 31.8. The summed E-state index contributed by atoms with van der Waals surface area (Å²) in [6.45, 7) is 3.41. The van der Waals surface area contributed by atoms with Crippen molar-refractivity contribution in [2.24, 2.45) is 0 Å². The van der Waals surface area contributed by atoms with Crippen LogP contribution in [0.25, 0.3) is 0 Å². The van der Waals surface area contributed by atoms with Crippen molar-refractivity contribution in [2.45, 2.75) is 30.7 Å². The van der Waals surface area contributed by atoms with Crippen molar-refractivity contribution in [3.05, 3.63) is 0 Å². The lowest BCUT2D eigenvalue weighted by atomic mass is 10.2. The second kappa shape index (κ2) is 4.86. The topological polar surface area (TPSA) is 61.4 Å². The first kappa shape index (κ1) is 12.7. The third-order valence-corrected chi connectivity index (χ3v) is 4.93. The van der Waals surface area contributed by atoms with Crippen molar-refractivity contribution in [2.75, 3.05) is 25.9 Å². The zero-order valence-corrected chi connectivity index (χ0v) is 11.1. The van der Waals surface area contributed by atoms with Crippen LogP contribution in [0.15, 0.2) is 0 Å². The Labute approximate surface area is 106 Å². The van der Waals surface area contributed by atoms with Gasteiger partial charge in [0.2, 0.25) is 11.8 Å². The van der Waals surface area contributed by atoms with E-state index >= 15 is 0 Å². The Morgan fingerprint density at radius 3 is 3.06 bits per heavy atom. The van der Waals surface area contributed by atoms with Crippen LogP contribution in [0.1, 0.15) is 19.8 Å². The van der Waals surface area contributed by atoms with E-state index in [1.807, 2.05) is 7.05 Å². The molecule has 2 aliphatic heterocycles. The molecular formula is C11H19N3O2S. The predicted octanol–water partition coefficient (Wildman–Crippen LogP) is -0.224. The molecule has 0 bridgehead atoms. The molecular weight excluding hydrogens is 238 g/mol. The number of fused-ring (bicyclic) bond motifs is 1. The zero-order valence-electron chi connectivity index (χ0n) is 10.3. The van der Waals surface area contributed by atoms with Crippen LogP contribution in [-0.2, 0) is 9.59 Å². The minimum Gasteiger partial charge on any atom is -0.353 e. The lowest BCUT2D eigenvalue weighted by Gasteiger charge is -2.29. The van der Waals surface area contributed by atoms with Gasteiger partial charge in [0.25, 0.3) is 0 Å². The largest absolute Gasteiger partial charge is 0.353 e. The minimum absolute atomic E-state index is 0.0216. The quantitative estimate of drug-likeness (QED) is 0.683. The molecule has 0 radical (unpaired) electrons. The fourth-order valence-electron chi connectivity index (χ4n) is 2.44. The summed E-state index contributed by atoms with van der Waals surface area (Å²) >= 11 is 1.72. The van der Waals surface area contributed by atoms with Gasteiger partial charge < -0.3 is 15.5 Å². The number of nitrogens with one attached hydrogen (secondary N) is 2. The molecule has 2 atom stereocenters. The Bertz CT molecular complexity index is 337. The van der Waals surface area contributed by atoms with Crippen molar-refractivity contribution in [3.8, 4) is 0 Å². The molecule has 2 aliphatic rings. The molecule has 5 nitrogen and oxygen atoms in total. The molecule has 2 amide bonds. The molecule has 2 rings (SSSR count). The zero-order chi connectivity index (χ0) is 12.5. The van der Waals surface area contributed by atoms with Gasteiger partial charge in [-0.15, -0.1) is 11.8 Å². The first-order valence-electron chi connectivity index (χ1n) is 5.97. The summed E-state index contributed by atoms with van der Waals surface area (Å²) in [5, 5.41) is 5.84. The van der Waals surface area contributed by atoms with E-state index in [2.05, 4.69) is 17.6 Å². The highest BCUT2D eigenvalue weighted by atomic mass is 32.2. The molecule has 0 aromatic heterocycles. The maximum atomic E-state index is 12.0. The van der Waals surface area contributed by atoms with Crippen LogP contribution >= 0.6 is 11.8 Å². The summed E-state index contributed by atoms with van der Waals surface area (Å²) in [4.78, 5) is 25.5. The highest BCUT2D eigenvalue weighted by Gasteiger charge is 2.52. The first-order valence-corrected chi connectivity index (χ1v) is 6.95. The van der Waals surface area contributed by atoms with E-state index in [9.17, 15) is 9.59 Å². The molecule has 2 unspecified atom stereocenters. The lowest BCUT2D eigenvalue weighted by molar-refractivity contribution is -0.137. The second-order valence-electron chi connectivity index (χ2n) is 4.66. The molecule has 2 heterocycles. The van der Waals surface area contributed by atoms with Crippen LogP contribution in [0.5, 0.6) is 0 Å². The summed E-state index contributed by atoms with van der Waals surface area (Å²) < 4.78 is 0. The van der Waals surface area contributed by atoms with Crippen molar-refractivity contribution in [1.29, 1.82) is 0 Å². The Hall–Kier alpha value is -0.750. The van der Waals surface area contributed by atoms with E-state index < -0.39 is 0 Å². The number of amides is 2. The lowest BCUT2D eigenvalue weighted by Crippen LogP contribution is -2.50. The van der Waals surface area contributed by atoms with Gasteiger partial charge >= 0.3 is 0 Å². The molecule has 0 aromatic carbocycles. The van der Waals surface area contributed by atoms with Crippen molar-refractivity contribution < 1.29 is 9.59 Å². The average molecular weight is 257 g/mol. The maximum absolute atomic E-state index is 12.0. The summed E-state index contributed by atoms with van der Waals surface area (Å²) in [5.41, 5.74) is 0. The number of nitrogens with zero attached hydrogens (tertiary/aromatic N) is 1. The van der Waals surface area contributed by atoms with Crippen LogP contribution in [0.3, 0.4) is 0 Å². The van der Waals surface area contributed by atoms with E-state index in [1.54, 1.807) is 16.7 Å². The van der Waals surface area contributed by atoms with E-state index in [-0.39, 0.29) is 22.7 Å². The van der Waals surface area contributed by atoms with Crippen molar-refractivity contribution in [1.82, 2.24) is 15.5 Å². The Balaban J connectivity index is 1.98. The molecule has 17 heavy (non-hydrogen) atoms. The van der Waals surface area contributed by atoms with Gasteiger partial charge in [-0.25, -0.2) is 0 Å². The Morgan fingerprint density at radius 1 is 1.59 bits per heavy atom. The van der Waals surface area contributed by atoms with Crippen LogP contribution in [0.4, 0.5) is 0 Å². The summed E-state index contributed by atoms with van der Waals surface area (Å²) in [6.07, 6.45) is 1.43. The van der Waals surface area contributed by atoms with Crippen LogP contribution in [0.2, 0.25) is 0 Å². The number of thioether (sulfide) groups is 1. The third kappa shape index (κ3) is 2.28. The molecule has 2 saturated heterocycles. The van der Waals surface area contributed by atoms with Gasteiger partial charge in [-0.3, -0.25) is 9.59 Å². The Kier molecular flexibility index (Phi) is 3.63. The molecule has 2 fully saturated rings. The summed E-state index contributed by atoms with van der Waals surface area (Å²) in [7, 11) is 1.85. The fraction of sp³-hybridized carbons (Fsp3) is 0.818. The smallest absolute Gasteiger partial charge is 0.243 e. The summed E-state index contributed by atoms with van der Waals surface area (Å²) in [6, 6.07) is -0.281. The molecule has 0 saturated carbocycles. The number of carbonyl (C=O) groups is 2. The number of hydrogen-bond acceptors (Lipinski definition) is 4. The van der Waals surface area contributed by atoms with E-state index in [0.717, 1.165) is 13.0 Å². The van der Waals surface area contributed by atoms with Gasteiger partial charge in [-0.1, -0.05) is 0 Å². The van der Waals surface area contributed by atoms with Crippen LogP contribution in [-0.4, -0.2) is 53.5 Å². The average Bonchev–Trinajstić information content (AvgIpc) is 2.77. The fourth-order valence-corrected chi connectivity index (χ4v) is 3.88. The van der Waals surface area contributed by atoms with Crippen LogP contribution < -0.4 is 10.6 Å². The minimum atomic E-state index is -0.281. The highest BCUT2D eigenvalue weighted by Crippen LogP contribution is 2.47. The molecule has 6 heteroatoms. The number of rotatable bonds is 4. The molecule has 0 spiro atoms. The monoisotopic (exact) mass is 257 g/mol. The highest BCUT2D eigenvalue weighted by molar-refractivity contribution is 8.01. The molecule has 2 N–H and O–H groups in total. The van der Waals surface area contributed by atoms with Gasteiger partial charge in [0.1, 0.15) is 6.04 Å². The number of likely N-dealkylation sites (N-methyl/N-ethyl adjacent to an activating group) is 1. The molecule has 0 aromatic rings. The van der Waals surface area contributed by atoms with Gasteiger partial charge in [0, 0.05) is 25.3 Å². The van der Waals surface area contributed by atoms with Crippen molar-refractivity contribution >= 4 is 23.6 Å². The van der Waals surface area contributed by atoms with Gasteiger partial charge in [0.15, 0.2) is 0 Å². The van der Waals surface area contributed by atoms with E-state index in [0.29, 0.717) is 18.7 Å². The maximum Gasteiger partial charge on any atom is 0.243 e. The van der Waals surface area contributed by atoms with Gasteiger partial charge in [-0.05, 0) is 20.4 Å². The second-order valence-corrected chi connectivity index (χ2v) is 6.16. The molecule has 96 valence electrons. The van der Waals surface area contributed by atoms with E-state index in [4.69, 9.17) is 0 Å².